The summed E-state index contributed by atoms with van der Waals surface area (Å²) in [6, 6.07) is 0. The largest absolute Gasteiger partial charge is 0.326 e. The number of halogens is 2. The zero-order valence-corrected chi connectivity index (χ0v) is 14.8. The van der Waals surface area contributed by atoms with Gasteiger partial charge in [-0.15, -0.1) is 0 Å². The summed E-state index contributed by atoms with van der Waals surface area (Å²) in [6.45, 7) is 3.85. The number of amides is 1. The maximum atomic E-state index is 13.1. The Bertz CT molecular complexity index is 684. The van der Waals surface area contributed by atoms with E-state index in [2.05, 4.69) is 5.32 Å². The van der Waals surface area contributed by atoms with Gasteiger partial charge in [-0.1, -0.05) is 11.6 Å². The Morgan fingerprint density at radius 3 is 2.60 bits per heavy atom. The van der Waals surface area contributed by atoms with Crippen LogP contribution in [0.3, 0.4) is 0 Å². The summed E-state index contributed by atoms with van der Waals surface area (Å²) in [6.07, 6.45) is 4.96. The Morgan fingerprint density at radius 1 is 1.24 bits per heavy atom. The lowest BCUT2D eigenvalue weighted by molar-refractivity contribution is -0.117. The van der Waals surface area contributed by atoms with Gasteiger partial charge in [0.25, 0.3) is 5.91 Å². The zero-order chi connectivity index (χ0) is 18.2. The number of carbonyl (C=O) groups is 2. The molecule has 1 saturated carbocycles. The molecule has 0 bridgehead atoms. The second-order valence-corrected chi connectivity index (χ2v) is 7.74. The van der Waals surface area contributed by atoms with E-state index >= 15 is 0 Å². The van der Waals surface area contributed by atoms with Crippen molar-refractivity contribution >= 4 is 11.7 Å². The van der Waals surface area contributed by atoms with Gasteiger partial charge >= 0.3 is 0 Å². The molecule has 1 fully saturated rings. The highest BCUT2D eigenvalue weighted by atomic mass is 19.3. The standard InChI is InChI=1S/C20H25F2NO2/c1-12-3-4-15-11-16(24)9-14(5-6-20(7-8-20)19(21)22)10-17(15)18(25)23-13(12)2/h10-11,14,19H,3-9H2,1-2H3,(H,23,25)/b13-12-. The first kappa shape index (κ1) is 18.0. The minimum Gasteiger partial charge on any atom is -0.326 e. The molecule has 3 rings (SSSR count). The first-order valence-electron chi connectivity index (χ1n) is 9.02. The highest BCUT2D eigenvalue weighted by Gasteiger charge is 2.50. The number of ketones is 1. The summed E-state index contributed by atoms with van der Waals surface area (Å²) in [4.78, 5) is 24.9. The lowest BCUT2D eigenvalue weighted by atomic mass is 9.89. The van der Waals surface area contributed by atoms with Crippen molar-refractivity contribution in [1.29, 1.82) is 0 Å². The van der Waals surface area contributed by atoms with Gasteiger partial charge in [0.05, 0.1) is 0 Å². The molecule has 1 aliphatic heterocycles. The van der Waals surface area contributed by atoms with Crippen molar-refractivity contribution in [2.75, 3.05) is 0 Å². The van der Waals surface area contributed by atoms with Crippen molar-refractivity contribution in [1.82, 2.24) is 5.32 Å². The van der Waals surface area contributed by atoms with Crippen LogP contribution in [0.5, 0.6) is 0 Å². The Kier molecular flexibility index (Phi) is 4.94. The minimum atomic E-state index is -2.30. The summed E-state index contributed by atoms with van der Waals surface area (Å²) in [5, 5.41) is 2.90. The molecule has 3 aliphatic rings. The number of rotatable bonds is 4. The van der Waals surface area contributed by atoms with Crippen LogP contribution in [0.1, 0.15) is 58.8 Å². The van der Waals surface area contributed by atoms with E-state index in [0.29, 0.717) is 44.1 Å². The van der Waals surface area contributed by atoms with Crippen LogP contribution in [-0.4, -0.2) is 18.1 Å². The average molecular weight is 349 g/mol. The van der Waals surface area contributed by atoms with Crippen LogP contribution < -0.4 is 5.32 Å². The number of allylic oxidation sites excluding steroid dienone is 4. The molecule has 136 valence electrons. The fourth-order valence-corrected chi connectivity index (χ4v) is 3.67. The SMILES string of the molecule is C/C1=C(\C)NC(=O)C2=CC(CCC3(C(F)F)CC3)CC(=O)C=C2CC1. The molecule has 5 heteroatoms. The van der Waals surface area contributed by atoms with Crippen LogP contribution in [-0.2, 0) is 9.59 Å². The second-order valence-electron chi connectivity index (χ2n) is 7.74. The van der Waals surface area contributed by atoms with Crippen molar-refractivity contribution in [2.24, 2.45) is 11.3 Å². The van der Waals surface area contributed by atoms with Crippen LogP contribution in [0, 0.1) is 11.3 Å². The molecule has 1 N–H and O–H groups in total. The molecule has 25 heavy (non-hydrogen) atoms. The van der Waals surface area contributed by atoms with Gasteiger partial charge in [-0.05, 0) is 69.9 Å². The van der Waals surface area contributed by atoms with Gasteiger partial charge in [0.15, 0.2) is 5.78 Å². The van der Waals surface area contributed by atoms with Gasteiger partial charge in [-0.3, -0.25) is 9.59 Å². The Hall–Kier alpha value is -1.78. The maximum absolute atomic E-state index is 13.1. The molecule has 3 nitrogen and oxygen atoms in total. The summed E-state index contributed by atoms with van der Waals surface area (Å²) in [5.41, 5.74) is 2.43. The third-order valence-corrected chi connectivity index (χ3v) is 5.87. The molecule has 0 spiro atoms. The van der Waals surface area contributed by atoms with Gasteiger partial charge < -0.3 is 5.32 Å². The number of hydrogen-bond donors (Lipinski definition) is 1. The van der Waals surface area contributed by atoms with E-state index in [0.717, 1.165) is 23.3 Å². The first-order chi connectivity index (χ1) is 11.8. The predicted molar refractivity (Wildman–Crippen MR) is 91.9 cm³/mol. The molecule has 0 radical (unpaired) electrons. The van der Waals surface area contributed by atoms with Crippen LogP contribution >= 0.6 is 0 Å². The van der Waals surface area contributed by atoms with Gasteiger partial charge in [0.1, 0.15) is 0 Å². The van der Waals surface area contributed by atoms with Crippen molar-refractivity contribution in [3.8, 4) is 0 Å². The quantitative estimate of drug-likeness (QED) is 0.815. The van der Waals surface area contributed by atoms with E-state index in [1.54, 1.807) is 6.08 Å². The fraction of sp³-hybridized carbons (Fsp3) is 0.600. The number of hydrogen-bond acceptors (Lipinski definition) is 2. The molecule has 1 heterocycles. The van der Waals surface area contributed by atoms with Crippen LogP contribution in [0.4, 0.5) is 8.78 Å². The van der Waals surface area contributed by atoms with Gasteiger partial charge in [0, 0.05) is 23.1 Å². The Labute approximate surface area is 147 Å². The van der Waals surface area contributed by atoms with Gasteiger partial charge in [-0.2, -0.15) is 0 Å². The van der Waals surface area contributed by atoms with E-state index in [1.165, 1.54) is 0 Å². The summed E-state index contributed by atoms with van der Waals surface area (Å²) < 4.78 is 26.3. The number of nitrogens with one attached hydrogen (secondary N) is 1. The predicted octanol–water partition coefficient (Wildman–Crippen LogP) is 4.46. The van der Waals surface area contributed by atoms with E-state index in [4.69, 9.17) is 0 Å². The average Bonchev–Trinajstić information content (AvgIpc) is 3.34. The number of carbonyl (C=O) groups excluding carboxylic acids is 2. The smallest absolute Gasteiger partial charge is 0.255 e. The molecule has 0 aromatic carbocycles. The molecule has 1 atom stereocenters. The third kappa shape index (κ3) is 3.91. The van der Waals surface area contributed by atoms with Gasteiger partial charge in [-0.25, -0.2) is 8.78 Å². The molecule has 1 unspecified atom stereocenters. The summed E-state index contributed by atoms with van der Waals surface area (Å²) in [7, 11) is 0. The fourth-order valence-electron chi connectivity index (χ4n) is 3.67. The molecule has 0 saturated heterocycles. The third-order valence-electron chi connectivity index (χ3n) is 5.87. The van der Waals surface area contributed by atoms with E-state index in [1.807, 2.05) is 19.9 Å². The van der Waals surface area contributed by atoms with Crippen molar-refractivity contribution in [3.63, 3.8) is 0 Å². The first-order valence-corrected chi connectivity index (χ1v) is 9.02. The monoisotopic (exact) mass is 349 g/mol. The topological polar surface area (TPSA) is 46.2 Å². The maximum Gasteiger partial charge on any atom is 0.255 e. The number of alkyl halides is 2. The van der Waals surface area contributed by atoms with Crippen molar-refractivity contribution < 1.29 is 18.4 Å². The van der Waals surface area contributed by atoms with Crippen LogP contribution in [0.15, 0.2) is 34.6 Å². The van der Waals surface area contributed by atoms with Crippen molar-refractivity contribution in [2.45, 2.75) is 65.2 Å². The zero-order valence-electron chi connectivity index (χ0n) is 14.8. The highest BCUT2D eigenvalue weighted by Crippen LogP contribution is 2.55. The van der Waals surface area contributed by atoms with Gasteiger partial charge in [0.2, 0.25) is 6.43 Å². The summed E-state index contributed by atoms with van der Waals surface area (Å²) in [5.74, 6) is -0.361. The highest BCUT2D eigenvalue weighted by molar-refractivity contribution is 6.02. The molecular weight excluding hydrogens is 324 g/mol. The molecule has 1 amide bonds. The van der Waals surface area contributed by atoms with Crippen LogP contribution in [0.2, 0.25) is 0 Å². The van der Waals surface area contributed by atoms with E-state index < -0.39 is 11.8 Å². The summed E-state index contributed by atoms with van der Waals surface area (Å²) >= 11 is 0. The van der Waals surface area contributed by atoms with E-state index in [9.17, 15) is 18.4 Å². The van der Waals surface area contributed by atoms with Crippen LogP contribution in [0.25, 0.3) is 0 Å². The lowest BCUT2D eigenvalue weighted by Gasteiger charge is -2.20. The Balaban J connectivity index is 1.81. The molecule has 0 aromatic heterocycles. The van der Waals surface area contributed by atoms with Crippen molar-refractivity contribution in [3.05, 3.63) is 34.6 Å². The molecular formula is C20H25F2NO2. The van der Waals surface area contributed by atoms with E-state index in [-0.39, 0.29) is 17.6 Å². The minimum absolute atomic E-state index is 0.0140. The molecule has 0 aromatic rings. The Morgan fingerprint density at radius 2 is 1.96 bits per heavy atom. The lowest BCUT2D eigenvalue weighted by Crippen LogP contribution is -2.27. The number of fused-ring (bicyclic) bond motifs is 1. The second kappa shape index (κ2) is 6.85. The molecule has 2 aliphatic carbocycles. The normalized spacial score (nSPS) is 29.1.